The summed E-state index contributed by atoms with van der Waals surface area (Å²) in [4.78, 5) is 13.1. The van der Waals surface area contributed by atoms with Crippen molar-refractivity contribution in [3.05, 3.63) is 0 Å². The van der Waals surface area contributed by atoms with Crippen molar-refractivity contribution < 1.29 is 18.3 Å². The minimum absolute atomic E-state index is 0.00940. The standard InChI is InChI=1S/C10H20N2O4S/c11-17(15,16)9-7-10(14)12(8-9)5-3-1-2-4-6-13/h9,13H,1-8H2,(H2,11,15,16). The molecule has 1 aliphatic rings. The zero-order chi connectivity index (χ0) is 12.9. The van der Waals surface area contributed by atoms with Gasteiger partial charge < -0.3 is 10.0 Å². The Balaban J connectivity index is 2.29. The number of carbonyl (C=O) groups is 1. The largest absolute Gasteiger partial charge is 0.396 e. The van der Waals surface area contributed by atoms with Gasteiger partial charge in [-0.3, -0.25) is 4.79 Å². The van der Waals surface area contributed by atoms with E-state index in [1.807, 2.05) is 0 Å². The molecule has 1 atom stereocenters. The molecule has 3 N–H and O–H groups in total. The SMILES string of the molecule is NS(=O)(=O)C1CC(=O)N(CCCCCCO)C1. The highest BCUT2D eigenvalue weighted by molar-refractivity contribution is 7.89. The van der Waals surface area contributed by atoms with Gasteiger partial charge in [-0.05, 0) is 12.8 Å². The smallest absolute Gasteiger partial charge is 0.224 e. The maximum absolute atomic E-state index is 11.5. The summed E-state index contributed by atoms with van der Waals surface area (Å²) in [7, 11) is -3.60. The number of hydrogen-bond donors (Lipinski definition) is 2. The van der Waals surface area contributed by atoms with Gasteiger partial charge in [0.25, 0.3) is 0 Å². The van der Waals surface area contributed by atoms with Gasteiger partial charge in [0.15, 0.2) is 0 Å². The van der Waals surface area contributed by atoms with Crippen LogP contribution in [0.4, 0.5) is 0 Å². The second kappa shape index (κ2) is 6.32. The molecular formula is C10H20N2O4S. The third-order valence-electron chi connectivity index (χ3n) is 2.98. The van der Waals surface area contributed by atoms with Gasteiger partial charge in [-0.25, -0.2) is 13.6 Å². The van der Waals surface area contributed by atoms with E-state index >= 15 is 0 Å². The first-order valence-corrected chi connectivity index (χ1v) is 7.46. The molecule has 6 nitrogen and oxygen atoms in total. The number of unbranched alkanes of at least 4 members (excludes halogenated alkanes) is 3. The molecule has 1 rings (SSSR count). The molecule has 0 spiro atoms. The van der Waals surface area contributed by atoms with E-state index in [1.54, 1.807) is 4.90 Å². The molecule has 1 amide bonds. The maximum Gasteiger partial charge on any atom is 0.224 e. The number of likely N-dealkylation sites (tertiary alicyclic amines) is 1. The van der Waals surface area contributed by atoms with Crippen LogP contribution in [0.1, 0.15) is 32.1 Å². The van der Waals surface area contributed by atoms with Crippen molar-refractivity contribution in [2.24, 2.45) is 5.14 Å². The quantitative estimate of drug-likeness (QED) is 0.601. The number of aliphatic hydroxyl groups is 1. The molecule has 1 unspecified atom stereocenters. The van der Waals surface area contributed by atoms with E-state index in [0.29, 0.717) is 6.54 Å². The Morgan fingerprint density at radius 3 is 2.47 bits per heavy atom. The maximum atomic E-state index is 11.5. The number of carbonyl (C=O) groups excluding carboxylic acids is 1. The van der Waals surface area contributed by atoms with Crippen molar-refractivity contribution in [1.29, 1.82) is 0 Å². The molecule has 0 aliphatic carbocycles. The second-order valence-corrected chi connectivity index (χ2v) is 6.24. The van der Waals surface area contributed by atoms with Gasteiger partial charge in [0.1, 0.15) is 5.25 Å². The lowest BCUT2D eigenvalue weighted by Crippen LogP contribution is -2.32. The number of nitrogens with zero attached hydrogens (tertiary/aromatic N) is 1. The Morgan fingerprint density at radius 1 is 1.29 bits per heavy atom. The van der Waals surface area contributed by atoms with Gasteiger partial charge in [-0.2, -0.15) is 0 Å². The molecule has 1 heterocycles. The molecule has 1 fully saturated rings. The van der Waals surface area contributed by atoms with Crippen LogP contribution in [0.5, 0.6) is 0 Å². The third kappa shape index (κ3) is 4.61. The van der Waals surface area contributed by atoms with Crippen LogP contribution < -0.4 is 5.14 Å². The van der Waals surface area contributed by atoms with E-state index in [0.717, 1.165) is 25.7 Å². The Labute approximate surface area is 102 Å². The number of amides is 1. The molecule has 100 valence electrons. The molecule has 0 bridgehead atoms. The zero-order valence-electron chi connectivity index (χ0n) is 9.84. The summed E-state index contributed by atoms with van der Waals surface area (Å²) in [5.41, 5.74) is 0. The number of nitrogens with two attached hydrogens (primary N) is 1. The molecule has 1 saturated heterocycles. The van der Waals surface area contributed by atoms with Crippen molar-refractivity contribution >= 4 is 15.9 Å². The first-order valence-electron chi connectivity index (χ1n) is 5.85. The summed E-state index contributed by atoms with van der Waals surface area (Å²) in [5, 5.41) is 12.9. The normalized spacial score (nSPS) is 21.2. The molecule has 0 aromatic heterocycles. The van der Waals surface area contributed by atoms with Crippen LogP contribution in [-0.2, 0) is 14.8 Å². The van der Waals surface area contributed by atoms with Gasteiger partial charge in [0, 0.05) is 26.1 Å². The number of sulfonamides is 1. The molecule has 7 heteroatoms. The van der Waals surface area contributed by atoms with Gasteiger partial charge in [-0.1, -0.05) is 12.8 Å². The average Bonchev–Trinajstić information content (AvgIpc) is 2.60. The van der Waals surface area contributed by atoms with E-state index in [2.05, 4.69) is 0 Å². The highest BCUT2D eigenvalue weighted by atomic mass is 32.2. The lowest BCUT2D eigenvalue weighted by atomic mass is 10.2. The van der Waals surface area contributed by atoms with Gasteiger partial charge in [-0.15, -0.1) is 0 Å². The van der Waals surface area contributed by atoms with Gasteiger partial charge >= 0.3 is 0 Å². The van der Waals surface area contributed by atoms with E-state index in [-0.39, 0.29) is 25.5 Å². The molecule has 1 aliphatic heterocycles. The number of rotatable bonds is 7. The Kier molecular flexibility index (Phi) is 5.35. The molecule has 0 aromatic carbocycles. The fourth-order valence-electron chi connectivity index (χ4n) is 1.94. The number of primary sulfonamides is 1. The molecule has 0 radical (unpaired) electrons. The fourth-order valence-corrected chi connectivity index (χ4v) is 2.70. The highest BCUT2D eigenvalue weighted by Crippen LogP contribution is 2.17. The van der Waals surface area contributed by atoms with Crippen LogP contribution in [0.25, 0.3) is 0 Å². The fraction of sp³-hybridized carbons (Fsp3) is 0.900. The lowest BCUT2D eigenvalue weighted by Gasteiger charge is -2.15. The first kappa shape index (κ1) is 14.4. The van der Waals surface area contributed by atoms with E-state index in [9.17, 15) is 13.2 Å². The molecule has 17 heavy (non-hydrogen) atoms. The monoisotopic (exact) mass is 264 g/mol. The van der Waals surface area contributed by atoms with Crippen LogP contribution in [0.3, 0.4) is 0 Å². The first-order chi connectivity index (χ1) is 7.95. The van der Waals surface area contributed by atoms with Crippen LogP contribution in [0.2, 0.25) is 0 Å². The van der Waals surface area contributed by atoms with E-state index < -0.39 is 15.3 Å². The van der Waals surface area contributed by atoms with Crippen molar-refractivity contribution in [3.63, 3.8) is 0 Å². The molecular weight excluding hydrogens is 244 g/mol. The number of hydrogen-bond acceptors (Lipinski definition) is 4. The summed E-state index contributed by atoms with van der Waals surface area (Å²) in [5.74, 6) is -0.133. The molecule has 0 aromatic rings. The summed E-state index contributed by atoms with van der Waals surface area (Å²) in [6.07, 6.45) is 3.48. The predicted molar refractivity (Wildman–Crippen MR) is 63.6 cm³/mol. The molecule has 0 saturated carbocycles. The van der Waals surface area contributed by atoms with Crippen LogP contribution >= 0.6 is 0 Å². The lowest BCUT2D eigenvalue weighted by molar-refractivity contribution is -0.127. The summed E-state index contributed by atoms with van der Waals surface area (Å²) < 4.78 is 22.2. The van der Waals surface area contributed by atoms with Gasteiger partial charge in [0.05, 0.1) is 0 Å². The zero-order valence-corrected chi connectivity index (χ0v) is 10.7. The summed E-state index contributed by atoms with van der Waals surface area (Å²) in [6, 6.07) is 0. The van der Waals surface area contributed by atoms with Crippen molar-refractivity contribution in [2.75, 3.05) is 19.7 Å². The minimum atomic E-state index is -3.60. The van der Waals surface area contributed by atoms with Crippen LogP contribution in [0.15, 0.2) is 0 Å². The topological polar surface area (TPSA) is 101 Å². The van der Waals surface area contributed by atoms with E-state index in [1.165, 1.54) is 0 Å². The minimum Gasteiger partial charge on any atom is -0.396 e. The second-order valence-electron chi connectivity index (χ2n) is 4.39. The van der Waals surface area contributed by atoms with Crippen LogP contribution in [0, 0.1) is 0 Å². The van der Waals surface area contributed by atoms with E-state index in [4.69, 9.17) is 10.2 Å². The Morgan fingerprint density at radius 2 is 1.94 bits per heavy atom. The average molecular weight is 264 g/mol. The number of aliphatic hydroxyl groups excluding tert-OH is 1. The summed E-state index contributed by atoms with van der Waals surface area (Å²) >= 11 is 0. The predicted octanol–water partition coefficient (Wildman–Crippen LogP) is -0.571. The van der Waals surface area contributed by atoms with Crippen LogP contribution in [-0.4, -0.2) is 49.3 Å². The Bertz CT molecular complexity index is 355. The van der Waals surface area contributed by atoms with Crippen molar-refractivity contribution in [2.45, 2.75) is 37.4 Å². The van der Waals surface area contributed by atoms with Gasteiger partial charge in [0.2, 0.25) is 15.9 Å². The van der Waals surface area contributed by atoms with Crippen molar-refractivity contribution in [3.8, 4) is 0 Å². The highest BCUT2D eigenvalue weighted by Gasteiger charge is 2.35. The van der Waals surface area contributed by atoms with Crippen molar-refractivity contribution in [1.82, 2.24) is 4.90 Å². The Hall–Kier alpha value is -0.660. The third-order valence-corrected chi connectivity index (χ3v) is 4.22. The summed E-state index contributed by atoms with van der Waals surface area (Å²) in [6.45, 7) is 0.990.